The molecule has 1 aromatic heterocycles. The normalized spacial score (nSPS) is 16.2. The highest BCUT2D eigenvalue weighted by molar-refractivity contribution is 6.31. The Balaban J connectivity index is 2.26. The molecule has 0 aliphatic heterocycles. The molecule has 0 aromatic carbocycles. The predicted molar refractivity (Wildman–Crippen MR) is 68.3 cm³/mol. The number of carbonyl (C=O) groups is 1. The van der Waals surface area contributed by atoms with E-state index in [1.54, 1.807) is 6.08 Å². The summed E-state index contributed by atoms with van der Waals surface area (Å²) in [6.45, 7) is 4.77. The molecule has 0 radical (unpaired) electrons. The third-order valence-electron chi connectivity index (χ3n) is 3.13. The first kappa shape index (κ1) is 12.4. The zero-order valence-electron chi connectivity index (χ0n) is 10.3. The molecule has 92 valence electrons. The molecular formula is C13H17ClN2O. The van der Waals surface area contributed by atoms with Gasteiger partial charge < -0.3 is 0 Å². The summed E-state index contributed by atoms with van der Waals surface area (Å²) in [7, 11) is 0. The molecule has 3 nitrogen and oxygen atoms in total. The summed E-state index contributed by atoms with van der Waals surface area (Å²) in [6.07, 6.45) is 5.17. The largest absolute Gasteiger partial charge is 0.295 e. The van der Waals surface area contributed by atoms with Crippen LogP contribution in [0.25, 0.3) is 0 Å². The lowest BCUT2D eigenvalue weighted by molar-refractivity contribution is -0.115. The van der Waals surface area contributed by atoms with Crippen LogP contribution in [-0.4, -0.2) is 15.6 Å². The molecule has 0 bridgehead atoms. The maximum Gasteiger partial charge on any atom is 0.155 e. The maximum absolute atomic E-state index is 11.4. The lowest BCUT2D eigenvalue weighted by atomic mass is 9.95. The minimum Gasteiger partial charge on any atom is -0.295 e. The van der Waals surface area contributed by atoms with Crippen molar-refractivity contribution in [3.63, 3.8) is 0 Å². The van der Waals surface area contributed by atoms with Crippen molar-refractivity contribution >= 4 is 17.4 Å². The number of carbonyl (C=O) groups excluding carboxylic acids is 1. The molecule has 0 N–H and O–H groups in total. The van der Waals surface area contributed by atoms with E-state index in [-0.39, 0.29) is 5.78 Å². The average Bonchev–Trinajstić information content (AvgIpc) is 2.57. The van der Waals surface area contributed by atoms with Crippen molar-refractivity contribution in [2.24, 2.45) is 0 Å². The number of nitrogens with zero attached hydrogens (tertiary/aromatic N) is 2. The van der Waals surface area contributed by atoms with Gasteiger partial charge in [0.25, 0.3) is 0 Å². The monoisotopic (exact) mass is 252 g/mol. The number of hydrogen-bond donors (Lipinski definition) is 0. The Morgan fingerprint density at radius 3 is 2.88 bits per heavy atom. The average molecular weight is 253 g/mol. The van der Waals surface area contributed by atoms with Crippen molar-refractivity contribution < 1.29 is 4.79 Å². The molecule has 1 aromatic rings. The van der Waals surface area contributed by atoms with Crippen LogP contribution in [0.15, 0.2) is 11.6 Å². The fraction of sp³-hybridized carbons (Fsp3) is 0.538. The molecule has 4 heteroatoms. The van der Waals surface area contributed by atoms with Gasteiger partial charge in [0, 0.05) is 19.4 Å². The second kappa shape index (κ2) is 5.05. The van der Waals surface area contributed by atoms with Crippen LogP contribution in [0.2, 0.25) is 5.02 Å². The summed E-state index contributed by atoms with van der Waals surface area (Å²) < 4.78 is 1.93. The first-order valence-corrected chi connectivity index (χ1v) is 6.43. The first-order chi connectivity index (χ1) is 8.11. The van der Waals surface area contributed by atoms with E-state index in [0.717, 1.165) is 42.2 Å². The number of ketones is 1. The van der Waals surface area contributed by atoms with Gasteiger partial charge in [-0.3, -0.25) is 9.48 Å². The van der Waals surface area contributed by atoms with Gasteiger partial charge in [-0.2, -0.15) is 5.10 Å². The van der Waals surface area contributed by atoms with E-state index >= 15 is 0 Å². The molecule has 0 fully saturated rings. The molecule has 1 aliphatic carbocycles. The molecular weight excluding hydrogens is 236 g/mol. The summed E-state index contributed by atoms with van der Waals surface area (Å²) in [5.41, 5.74) is 3.08. The Hall–Kier alpha value is -1.09. The minimum atomic E-state index is 0.238. The van der Waals surface area contributed by atoms with Gasteiger partial charge in [0.2, 0.25) is 0 Å². The molecule has 0 spiro atoms. The number of aromatic nitrogens is 2. The van der Waals surface area contributed by atoms with Crippen molar-refractivity contribution in [3.05, 3.63) is 28.1 Å². The van der Waals surface area contributed by atoms with Crippen LogP contribution >= 0.6 is 11.6 Å². The SMILES string of the molecule is CCn1nc(C)c(Cl)c1CC1=CC(=O)CCC1. The lowest BCUT2D eigenvalue weighted by Gasteiger charge is -2.13. The van der Waals surface area contributed by atoms with E-state index in [0.29, 0.717) is 6.42 Å². The number of allylic oxidation sites excluding steroid dienone is 2. The molecule has 1 aliphatic rings. The summed E-state index contributed by atoms with van der Waals surface area (Å²) in [6, 6.07) is 0. The van der Waals surface area contributed by atoms with Gasteiger partial charge in [-0.05, 0) is 32.8 Å². The Morgan fingerprint density at radius 1 is 1.47 bits per heavy atom. The highest BCUT2D eigenvalue weighted by Gasteiger charge is 2.16. The van der Waals surface area contributed by atoms with Gasteiger partial charge in [-0.25, -0.2) is 0 Å². The van der Waals surface area contributed by atoms with Gasteiger partial charge in [0.05, 0.1) is 16.4 Å². The standard InChI is InChI=1S/C13H17ClN2O/c1-3-16-12(13(14)9(2)15-16)8-10-5-4-6-11(17)7-10/h7H,3-6,8H2,1-2H3. The van der Waals surface area contributed by atoms with Gasteiger partial charge >= 0.3 is 0 Å². The van der Waals surface area contributed by atoms with Crippen LogP contribution in [0.3, 0.4) is 0 Å². The summed E-state index contributed by atoms with van der Waals surface area (Å²) in [5.74, 6) is 0.238. The van der Waals surface area contributed by atoms with E-state index in [1.807, 2.05) is 18.5 Å². The second-order valence-corrected chi connectivity index (χ2v) is 4.84. The molecule has 0 unspecified atom stereocenters. The number of rotatable bonds is 3. The lowest BCUT2D eigenvalue weighted by Crippen LogP contribution is -2.08. The van der Waals surface area contributed by atoms with Crippen LogP contribution < -0.4 is 0 Å². The van der Waals surface area contributed by atoms with Gasteiger partial charge in [0.1, 0.15) is 0 Å². The molecule has 0 amide bonds. The van der Waals surface area contributed by atoms with Crippen molar-refractivity contribution in [1.82, 2.24) is 9.78 Å². The van der Waals surface area contributed by atoms with Gasteiger partial charge in [-0.1, -0.05) is 17.2 Å². The highest BCUT2D eigenvalue weighted by Crippen LogP contribution is 2.26. The van der Waals surface area contributed by atoms with Crippen LogP contribution in [0.4, 0.5) is 0 Å². The Bertz CT molecular complexity index is 474. The topological polar surface area (TPSA) is 34.9 Å². The highest BCUT2D eigenvalue weighted by atomic mass is 35.5. The van der Waals surface area contributed by atoms with Gasteiger partial charge in [0.15, 0.2) is 5.78 Å². The number of hydrogen-bond acceptors (Lipinski definition) is 2. The zero-order valence-corrected chi connectivity index (χ0v) is 11.0. The van der Waals surface area contributed by atoms with Gasteiger partial charge in [-0.15, -0.1) is 0 Å². The Labute approximate surface area is 106 Å². The zero-order chi connectivity index (χ0) is 12.4. The van der Waals surface area contributed by atoms with Crippen molar-refractivity contribution in [3.8, 4) is 0 Å². The molecule has 17 heavy (non-hydrogen) atoms. The van der Waals surface area contributed by atoms with Crippen LogP contribution in [0.1, 0.15) is 37.6 Å². The van der Waals surface area contributed by atoms with Crippen LogP contribution in [-0.2, 0) is 17.8 Å². The van der Waals surface area contributed by atoms with Crippen molar-refractivity contribution in [1.29, 1.82) is 0 Å². The summed E-state index contributed by atoms with van der Waals surface area (Å²) in [4.78, 5) is 11.4. The Kier molecular flexibility index (Phi) is 3.67. The van der Waals surface area contributed by atoms with Crippen LogP contribution in [0.5, 0.6) is 0 Å². The molecule has 0 saturated heterocycles. The van der Waals surface area contributed by atoms with E-state index in [2.05, 4.69) is 5.10 Å². The Morgan fingerprint density at radius 2 is 2.24 bits per heavy atom. The predicted octanol–water partition coefficient (Wildman–Crippen LogP) is 3.09. The molecule has 2 rings (SSSR count). The maximum atomic E-state index is 11.4. The fourth-order valence-electron chi connectivity index (χ4n) is 2.25. The van der Waals surface area contributed by atoms with E-state index in [4.69, 9.17) is 11.6 Å². The molecule has 0 saturated carbocycles. The third kappa shape index (κ3) is 2.60. The smallest absolute Gasteiger partial charge is 0.155 e. The third-order valence-corrected chi connectivity index (χ3v) is 3.63. The quantitative estimate of drug-likeness (QED) is 0.829. The van der Waals surface area contributed by atoms with E-state index in [9.17, 15) is 4.79 Å². The molecule has 1 heterocycles. The van der Waals surface area contributed by atoms with Crippen molar-refractivity contribution in [2.45, 2.75) is 46.1 Å². The van der Waals surface area contributed by atoms with E-state index in [1.165, 1.54) is 5.57 Å². The van der Waals surface area contributed by atoms with Crippen LogP contribution in [0, 0.1) is 6.92 Å². The first-order valence-electron chi connectivity index (χ1n) is 6.06. The minimum absolute atomic E-state index is 0.238. The summed E-state index contributed by atoms with van der Waals surface area (Å²) in [5, 5.41) is 5.13. The number of aryl methyl sites for hydroxylation is 2. The molecule has 0 atom stereocenters. The number of halogens is 1. The summed E-state index contributed by atoms with van der Waals surface area (Å²) >= 11 is 6.25. The fourth-order valence-corrected chi connectivity index (χ4v) is 2.46. The second-order valence-electron chi connectivity index (χ2n) is 4.46. The van der Waals surface area contributed by atoms with E-state index < -0.39 is 0 Å². The van der Waals surface area contributed by atoms with Crippen molar-refractivity contribution in [2.75, 3.05) is 0 Å².